The Hall–Kier alpha value is 0.0400. The van der Waals surface area contributed by atoms with Crippen molar-refractivity contribution in [1.82, 2.24) is 0 Å². The van der Waals surface area contributed by atoms with Crippen LogP contribution >= 0.6 is 19.8 Å². The fourth-order valence-electron chi connectivity index (χ4n) is 0.590. The van der Waals surface area contributed by atoms with Crippen LogP contribution in [0, 0.1) is 0 Å². The largest absolute Gasteiger partial charge is 0.393 e. The van der Waals surface area contributed by atoms with Crippen LogP contribution in [0.5, 0.6) is 0 Å². The molecule has 0 amide bonds. The predicted octanol–water partition coefficient (Wildman–Crippen LogP) is 1.27. The quantitative estimate of drug-likeness (QED) is 0.529. The maximum Gasteiger partial charge on any atom is 0.335 e. The summed E-state index contributed by atoms with van der Waals surface area (Å²) in [6.07, 6.45) is 0.198. The molecular weight excluding hydrogens is 197 g/mol. The van der Waals surface area contributed by atoms with Gasteiger partial charge in [-0.15, -0.1) is 0 Å². The second kappa shape index (κ2) is 4.92. The van der Waals surface area contributed by atoms with Crippen molar-refractivity contribution >= 4 is 24.8 Å². The second-order valence-electron chi connectivity index (χ2n) is 2.59. The van der Waals surface area contributed by atoms with E-state index in [1.54, 1.807) is 6.92 Å². The maximum atomic E-state index is 11.2. The van der Waals surface area contributed by atoms with E-state index in [9.17, 15) is 4.57 Å². The lowest BCUT2D eigenvalue weighted by atomic mass is 10.3. The molecule has 0 aromatic carbocycles. The van der Waals surface area contributed by atoms with E-state index in [-0.39, 0.29) is 17.3 Å². The van der Waals surface area contributed by atoms with Gasteiger partial charge in [-0.25, -0.2) is 0 Å². The highest BCUT2D eigenvalue weighted by Crippen LogP contribution is 2.43. The molecule has 3 N–H and O–H groups in total. The number of hydrogen-bond acceptors (Lipinski definition) is 3. The standard InChI is InChI=1S/C6H14NO3PS/c1-3-5(2)10-11(8,9)4-6(7)12/h5H,3-4H2,1-2H3,(H2,7,12)(H,8,9). The average Bonchev–Trinajstić information content (AvgIpc) is 1.83. The summed E-state index contributed by atoms with van der Waals surface area (Å²) in [6.45, 7) is 3.59. The minimum absolute atomic E-state index is 0.00383. The van der Waals surface area contributed by atoms with Gasteiger partial charge in [0.1, 0.15) is 6.16 Å². The molecule has 0 radical (unpaired) electrons. The molecule has 0 aliphatic heterocycles. The van der Waals surface area contributed by atoms with Crippen LogP contribution < -0.4 is 5.73 Å². The molecule has 0 aromatic heterocycles. The van der Waals surface area contributed by atoms with Crippen LogP contribution in [0.25, 0.3) is 0 Å². The highest BCUT2D eigenvalue weighted by molar-refractivity contribution is 7.81. The first kappa shape index (κ1) is 12.0. The molecule has 0 aliphatic carbocycles. The minimum Gasteiger partial charge on any atom is -0.393 e. The number of hydrogen-bond donors (Lipinski definition) is 2. The van der Waals surface area contributed by atoms with Crippen LogP contribution in [0.1, 0.15) is 20.3 Å². The van der Waals surface area contributed by atoms with Gasteiger partial charge in [0.15, 0.2) is 0 Å². The average molecular weight is 211 g/mol. The van der Waals surface area contributed by atoms with Crippen LogP contribution in [0.15, 0.2) is 0 Å². The number of thiocarbonyl (C=S) groups is 1. The van der Waals surface area contributed by atoms with Gasteiger partial charge in [-0.05, 0) is 13.3 Å². The Kier molecular flexibility index (Phi) is 4.94. The molecule has 0 saturated carbocycles. The van der Waals surface area contributed by atoms with E-state index in [4.69, 9.17) is 15.2 Å². The molecule has 0 spiro atoms. The summed E-state index contributed by atoms with van der Waals surface area (Å²) in [7, 11) is -3.59. The molecule has 0 saturated heterocycles. The molecule has 12 heavy (non-hydrogen) atoms. The predicted molar refractivity (Wildman–Crippen MR) is 52.3 cm³/mol. The highest BCUT2D eigenvalue weighted by atomic mass is 32.1. The van der Waals surface area contributed by atoms with Gasteiger partial charge in [0.25, 0.3) is 0 Å². The van der Waals surface area contributed by atoms with Gasteiger partial charge in [-0.1, -0.05) is 19.1 Å². The van der Waals surface area contributed by atoms with E-state index in [0.29, 0.717) is 6.42 Å². The summed E-state index contributed by atoms with van der Waals surface area (Å²) in [6, 6.07) is 0. The van der Waals surface area contributed by atoms with E-state index < -0.39 is 7.60 Å². The van der Waals surface area contributed by atoms with Gasteiger partial charge < -0.3 is 15.2 Å². The van der Waals surface area contributed by atoms with Gasteiger partial charge in [-0.2, -0.15) is 0 Å². The molecule has 72 valence electrons. The smallest absolute Gasteiger partial charge is 0.335 e. The molecular formula is C6H14NO3PS. The van der Waals surface area contributed by atoms with Gasteiger partial charge in [0.05, 0.1) is 11.1 Å². The maximum absolute atomic E-state index is 11.2. The first-order chi connectivity index (χ1) is 5.37. The fraction of sp³-hybridized carbons (Fsp3) is 0.833. The zero-order valence-corrected chi connectivity index (χ0v) is 8.90. The Morgan fingerprint density at radius 2 is 2.33 bits per heavy atom. The third-order valence-electron chi connectivity index (χ3n) is 1.28. The summed E-state index contributed by atoms with van der Waals surface area (Å²) in [5, 5.41) is 0. The zero-order valence-electron chi connectivity index (χ0n) is 7.19. The minimum atomic E-state index is -3.59. The van der Waals surface area contributed by atoms with Crippen LogP contribution in [0.4, 0.5) is 0 Å². The number of rotatable bonds is 5. The topological polar surface area (TPSA) is 72.5 Å². The Bertz CT molecular complexity index is 209. The molecule has 2 unspecified atom stereocenters. The van der Waals surface area contributed by atoms with E-state index in [1.807, 2.05) is 6.92 Å². The van der Waals surface area contributed by atoms with Gasteiger partial charge in [0, 0.05) is 0 Å². The van der Waals surface area contributed by atoms with Crippen LogP contribution in [0.3, 0.4) is 0 Å². The molecule has 0 rings (SSSR count). The Morgan fingerprint density at radius 3 is 2.67 bits per heavy atom. The third kappa shape index (κ3) is 5.66. The lowest BCUT2D eigenvalue weighted by molar-refractivity contribution is 0.188. The van der Waals surface area contributed by atoms with Gasteiger partial charge in [0.2, 0.25) is 0 Å². The van der Waals surface area contributed by atoms with Crippen molar-refractivity contribution in [3.05, 3.63) is 0 Å². The van der Waals surface area contributed by atoms with Crippen LogP contribution in [-0.4, -0.2) is 22.1 Å². The third-order valence-corrected chi connectivity index (χ3v) is 3.06. The van der Waals surface area contributed by atoms with Gasteiger partial charge in [-0.3, -0.25) is 4.57 Å². The zero-order chi connectivity index (χ0) is 9.78. The lowest BCUT2D eigenvalue weighted by Gasteiger charge is -2.15. The van der Waals surface area contributed by atoms with E-state index in [0.717, 1.165) is 0 Å². The summed E-state index contributed by atoms with van der Waals surface area (Å²) in [4.78, 5) is 9.16. The van der Waals surface area contributed by atoms with Crippen molar-refractivity contribution in [1.29, 1.82) is 0 Å². The van der Waals surface area contributed by atoms with Crippen molar-refractivity contribution in [2.24, 2.45) is 5.73 Å². The Labute approximate surface area is 77.6 Å². The van der Waals surface area contributed by atoms with Crippen molar-refractivity contribution < 1.29 is 14.0 Å². The van der Waals surface area contributed by atoms with Gasteiger partial charge >= 0.3 is 7.60 Å². The molecule has 2 atom stereocenters. The fourth-order valence-corrected chi connectivity index (χ4v) is 2.26. The lowest BCUT2D eigenvalue weighted by Crippen LogP contribution is -2.16. The SMILES string of the molecule is CCC(C)OP(=O)(O)CC(N)=S. The van der Waals surface area contributed by atoms with E-state index in [2.05, 4.69) is 12.2 Å². The van der Waals surface area contributed by atoms with Crippen molar-refractivity contribution in [2.45, 2.75) is 26.4 Å². The first-order valence-corrected chi connectivity index (χ1v) is 5.83. The van der Waals surface area contributed by atoms with Crippen LogP contribution in [-0.2, 0) is 9.09 Å². The Morgan fingerprint density at radius 1 is 1.83 bits per heavy atom. The van der Waals surface area contributed by atoms with Crippen molar-refractivity contribution in [2.75, 3.05) is 6.16 Å². The van der Waals surface area contributed by atoms with E-state index >= 15 is 0 Å². The summed E-state index contributed by atoms with van der Waals surface area (Å²) < 4.78 is 16.0. The second-order valence-corrected chi connectivity index (χ2v) is 4.91. The monoisotopic (exact) mass is 211 g/mol. The van der Waals surface area contributed by atoms with Crippen molar-refractivity contribution in [3.63, 3.8) is 0 Å². The summed E-state index contributed by atoms with van der Waals surface area (Å²) in [5.74, 6) is 0. The molecule has 0 fully saturated rings. The molecule has 0 bridgehead atoms. The summed E-state index contributed by atoms with van der Waals surface area (Å²) in [5.41, 5.74) is 5.11. The van der Waals surface area contributed by atoms with Crippen molar-refractivity contribution in [3.8, 4) is 0 Å². The first-order valence-electron chi connectivity index (χ1n) is 3.66. The normalized spacial score (nSPS) is 18.2. The number of nitrogens with two attached hydrogens (primary N) is 1. The molecule has 0 aromatic rings. The molecule has 6 heteroatoms. The molecule has 4 nitrogen and oxygen atoms in total. The summed E-state index contributed by atoms with van der Waals surface area (Å²) >= 11 is 4.50. The molecule has 0 heterocycles. The van der Waals surface area contributed by atoms with Crippen LogP contribution in [0.2, 0.25) is 0 Å². The molecule has 0 aliphatic rings. The van der Waals surface area contributed by atoms with E-state index in [1.165, 1.54) is 0 Å². The Balaban J connectivity index is 4.04. The highest BCUT2D eigenvalue weighted by Gasteiger charge is 2.22.